The summed E-state index contributed by atoms with van der Waals surface area (Å²) < 4.78 is 5.73. The molecule has 5 atom stereocenters. The lowest BCUT2D eigenvalue weighted by molar-refractivity contribution is -0.134. The molecule has 1 amide bonds. The van der Waals surface area contributed by atoms with E-state index in [-0.39, 0.29) is 35.0 Å². The van der Waals surface area contributed by atoms with Crippen LogP contribution in [0.25, 0.3) is 0 Å². The van der Waals surface area contributed by atoms with Gasteiger partial charge in [-0.3, -0.25) is 4.79 Å². The lowest BCUT2D eigenvalue weighted by Crippen LogP contribution is -2.54. The summed E-state index contributed by atoms with van der Waals surface area (Å²) >= 11 is 0. The maximum atomic E-state index is 12.5. The lowest BCUT2D eigenvalue weighted by atomic mass is 9.68. The van der Waals surface area contributed by atoms with Crippen molar-refractivity contribution in [3.8, 4) is 0 Å². The van der Waals surface area contributed by atoms with Gasteiger partial charge in [-0.1, -0.05) is 20.8 Å². The Bertz CT molecular complexity index is 405. The maximum absolute atomic E-state index is 12.5. The van der Waals surface area contributed by atoms with Gasteiger partial charge in [0.15, 0.2) is 0 Å². The number of rotatable bonds is 3. The Morgan fingerprint density at radius 1 is 1.30 bits per heavy atom. The molecule has 0 aromatic heterocycles. The Balaban J connectivity index is 1.67. The Morgan fingerprint density at radius 2 is 2.05 bits per heavy atom. The van der Waals surface area contributed by atoms with Gasteiger partial charge in [0.05, 0.1) is 6.10 Å². The first kappa shape index (κ1) is 14.3. The molecule has 4 nitrogen and oxygen atoms in total. The molecule has 4 heteroatoms. The molecule has 0 aromatic carbocycles. The van der Waals surface area contributed by atoms with Gasteiger partial charge in [-0.25, -0.2) is 0 Å². The summed E-state index contributed by atoms with van der Waals surface area (Å²) in [7, 11) is 0. The average molecular weight is 280 g/mol. The first-order valence-corrected chi connectivity index (χ1v) is 8.03. The number of carbonyl (C=O) groups is 1. The number of nitrogens with two attached hydrogens (primary N) is 1. The van der Waals surface area contributed by atoms with Crippen LogP contribution in [-0.4, -0.2) is 30.7 Å². The quantitative estimate of drug-likeness (QED) is 0.829. The molecule has 2 aliphatic carbocycles. The third-order valence-corrected chi connectivity index (χ3v) is 6.22. The van der Waals surface area contributed by atoms with Gasteiger partial charge >= 0.3 is 0 Å². The molecule has 0 radical (unpaired) electrons. The summed E-state index contributed by atoms with van der Waals surface area (Å²) in [5.74, 6) is 0.826. The molecule has 1 heterocycles. The Labute approximate surface area is 121 Å². The molecule has 0 aromatic rings. The molecule has 3 aliphatic rings. The molecule has 3 rings (SSSR count). The van der Waals surface area contributed by atoms with Crippen molar-refractivity contribution < 1.29 is 9.53 Å². The second-order valence-electron chi connectivity index (χ2n) is 7.92. The van der Waals surface area contributed by atoms with Crippen molar-refractivity contribution in [3.05, 3.63) is 0 Å². The van der Waals surface area contributed by atoms with Gasteiger partial charge < -0.3 is 15.8 Å². The monoisotopic (exact) mass is 280 g/mol. The first-order valence-electron chi connectivity index (χ1n) is 8.03. The van der Waals surface area contributed by atoms with Crippen molar-refractivity contribution in [2.75, 3.05) is 6.54 Å². The van der Waals surface area contributed by atoms with Gasteiger partial charge in [-0.2, -0.15) is 0 Å². The van der Waals surface area contributed by atoms with Crippen LogP contribution in [0.5, 0.6) is 0 Å². The van der Waals surface area contributed by atoms with Gasteiger partial charge in [0.1, 0.15) is 6.10 Å². The van der Waals surface area contributed by atoms with Crippen LogP contribution in [0.3, 0.4) is 0 Å². The van der Waals surface area contributed by atoms with Crippen molar-refractivity contribution in [2.24, 2.45) is 22.5 Å². The van der Waals surface area contributed by atoms with Crippen molar-refractivity contribution in [2.45, 2.75) is 71.1 Å². The summed E-state index contributed by atoms with van der Waals surface area (Å²) in [5.41, 5.74) is 6.09. The van der Waals surface area contributed by atoms with E-state index in [4.69, 9.17) is 10.5 Å². The van der Waals surface area contributed by atoms with Crippen LogP contribution < -0.4 is 11.1 Å². The van der Waals surface area contributed by atoms with E-state index in [0.29, 0.717) is 6.54 Å². The number of amides is 1. The fourth-order valence-electron chi connectivity index (χ4n) is 4.97. The minimum Gasteiger partial charge on any atom is -0.364 e. The zero-order chi connectivity index (χ0) is 14.5. The number of fused-ring (bicyclic) bond motifs is 2. The van der Waals surface area contributed by atoms with E-state index in [1.165, 1.54) is 19.3 Å². The molecule has 1 aliphatic heterocycles. The van der Waals surface area contributed by atoms with E-state index >= 15 is 0 Å². The molecule has 2 bridgehead atoms. The van der Waals surface area contributed by atoms with Gasteiger partial charge in [0.25, 0.3) is 0 Å². The van der Waals surface area contributed by atoms with Crippen molar-refractivity contribution in [3.63, 3.8) is 0 Å². The molecule has 1 saturated heterocycles. The zero-order valence-electron chi connectivity index (χ0n) is 12.9. The fraction of sp³-hybridized carbons (Fsp3) is 0.938. The largest absolute Gasteiger partial charge is 0.364 e. The molecular weight excluding hydrogens is 252 g/mol. The summed E-state index contributed by atoms with van der Waals surface area (Å²) in [6, 6.07) is 0.279. The Kier molecular flexibility index (Phi) is 3.37. The molecule has 0 spiro atoms. The lowest BCUT2D eigenvalue weighted by Gasteiger charge is -2.43. The molecule has 5 unspecified atom stereocenters. The highest BCUT2D eigenvalue weighted by molar-refractivity contribution is 5.81. The van der Waals surface area contributed by atoms with Gasteiger partial charge in [-0.15, -0.1) is 0 Å². The van der Waals surface area contributed by atoms with Crippen LogP contribution >= 0.6 is 0 Å². The number of carbonyl (C=O) groups excluding carboxylic acids is 1. The van der Waals surface area contributed by atoms with Crippen LogP contribution in [-0.2, 0) is 9.53 Å². The van der Waals surface area contributed by atoms with Crippen LogP contribution in [0.1, 0.15) is 52.9 Å². The van der Waals surface area contributed by atoms with Crippen LogP contribution in [0.4, 0.5) is 0 Å². The van der Waals surface area contributed by atoms with E-state index < -0.39 is 0 Å². The third-order valence-electron chi connectivity index (χ3n) is 6.22. The van der Waals surface area contributed by atoms with E-state index in [9.17, 15) is 4.79 Å². The van der Waals surface area contributed by atoms with E-state index in [1.54, 1.807) is 0 Å². The molecule has 2 saturated carbocycles. The number of nitrogens with one attached hydrogen (secondary N) is 1. The SMILES string of the molecule is CC12CCC(C1)C(C)(C)C2NC(=O)C1CCC(CN)O1. The van der Waals surface area contributed by atoms with Crippen LogP contribution in [0.2, 0.25) is 0 Å². The highest BCUT2D eigenvalue weighted by Crippen LogP contribution is 2.62. The van der Waals surface area contributed by atoms with Crippen LogP contribution in [0, 0.1) is 16.7 Å². The van der Waals surface area contributed by atoms with Gasteiger partial charge in [0, 0.05) is 12.6 Å². The highest BCUT2D eigenvalue weighted by atomic mass is 16.5. The normalized spacial score (nSPS) is 45.8. The second kappa shape index (κ2) is 4.70. The van der Waals surface area contributed by atoms with E-state index in [2.05, 4.69) is 26.1 Å². The molecule has 114 valence electrons. The van der Waals surface area contributed by atoms with E-state index in [1.807, 2.05) is 0 Å². The molecule has 3 N–H and O–H groups in total. The molecular formula is C16H28N2O2. The fourth-order valence-corrected chi connectivity index (χ4v) is 4.97. The predicted molar refractivity (Wildman–Crippen MR) is 78.1 cm³/mol. The van der Waals surface area contributed by atoms with Crippen molar-refractivity contribution in [1.29, 1.82) is 0 Å². The smallest absolute Gasteiger partial charge is 0.249 e. The molecule has 20 heavy (non-hydrogen) atoms. The van der Waals surface area contributed by atoms with E-state index in [0.717, 1.165) is 18.8 Å². The minimum absolute atomic E-state index is 0.0642. The second-order valence-corrected chi connectivity index (χ2v) is 7.92. The Hall–Kier alpha value is -0.610. The Morgan fingerprint density at radius 3 is 2.60 bits per heavy atom. The van der Waals surface area contributed by atoms with Gasteiger partial charge in [0.2, 0.25) is 5.91 Å². The zero-order valence-corrected chi connectivity index (χ0v) is 12.9. The van der Waals surface area contributed by atoms with Crippen LogP contribution in [0.15, 0.2) is 0 Å². The summed E-state index contributed by atoms with van der Waals surface area (Å²) in [6.07, 6.45) is 5.29. The maximum Gasteiger partial charge on any atom is 0.249 e. The number of hydrogen-bond donors (Lipinski definition) is 2. The predicted octanol–water partition coefficient (Wildman–Crippen LogP) is 1.82. The summed E-state index contributed by atoms with van der Waals surface area (Å²) in [4.78, 5) is 12.5. The number of hydrogen-bond acceptors (Lipinski definition) is 3. The van der Waals surface area contributed by atoms with Crippen molar-refractivity contribution >= 4 is 5.91 Å². The van der Waals surface area contributed by atoms with Crippen molar-refractivity contribution in [1.82, 2.24) is 5.32 Å². The highest BCUT2D eigenvalue weighted by Gasteiger charge is 2.60. The number of ether oxygens (including phenoxy) is 1. The summed E-state index contributed by atoms with van der Waals surface area (Å²) in [5, 5.41) is 3.32. The molecule has 3 fully saturated rings. The minimum atomic E-state index is -0.290. The third kappa shape index (κ3) is 2.08. The standard InChI is InChI=1S/C16H28N2O2/c1-15(2)10-6-7-16(3,8-10)14(15)18-13(19)12-5-4-11(9-17)20-12/h10-12,14H,4-9,17H2,1-3H3,(H,18,19). The van der Waals surface area contributed by atoms with Gasteiger partial charge in [-0.05, 0) is 48.9 Å². The average Bonchev–Trinajstić information content (AvgIpc) is 3.05. The topological polar surface area (TPSA) is 64.4 Å². The summed E-state index contributed by atoms with van der Waals surface area (Å²) in [6.45, 7) is 7.47. The first-order chi connectivity index (χ1) is 9.37.